The highest BCUT2D eigenvalue weighted by molar-refractivity contribution is 5.27. The molecule has 20 heavy (non-hydrogen) atoms. The van der Waals surface area contributed by atoms with E-state index in [2.05, 4.69) is 62.2 Å². The summed E-state index contributed by atoms with van der Waals surface area (Å²) in [6, 6.07) is 10.2. The topological polar surface area (TPSA) is 15.3 Å². The van der Waals surface area contributed by atoms with Crippen molar-refractivity contribution in [2.24, 2.45) is 5.92 Å². The molecule has 2 rings (SSSR count). The highest BCUT2D eigenvalue weighted by Gasteiger charge is 2.29. The molecule has 2 nitrogen and oxygen atoms in total. The first-order chi connectivity index (χ1) is 9.65. The summed E-state index contributed by atoms with van der Waals surface area (Å²) in [7, 11) is 0. The third-order valence-electron chi connectivity index (χ3n) is 4.67. The molecular formula is C18H30N2. The van der Waals surface area contributed by atoms with E-state index in [9.17, 15) is 0 Å². The fourth-order valence-electron chi connectivity index (χ4n) is 3.29. The molecule has 1 N–H and O–H groups in total. The fourth-order valence-corrected chi connectivity index (χ4v) is 3.29. The van der Waals surface area contributed by atoms with Gasteiger partial charge in [0.1, 0.15) is 0 Å². The Labute approximate surface area is 124 Å². The Morgan fingerprint density at radius 3 is 2.50 bits per heavy atom. The molecule has 1 fully saturated rings. The Bertz CT molecular complexity index is 414. The Hall–Kier alpha value is -0.860. The second-order valence-electron chi connectivity index (χ2n) is 6.38. The van der Waals surface area contributed by atoms with Crippen LogP contribution in [0.15, 0.2) is 24.3 Å². The molecule has 2 unspecified atom stereocenters. The van der Waals surface area contributed by atoms with Crippen molar-refractivity contribution in [3.8, 4) is 0 Å². The second-order valence-corrected chi connectivity index (χ2v) is 6.38. The van der Waals surface area contributed by atoms with Crippen molar-refractivity contribution >= 4 is 0 Å². The second kappa shape index (κ2) is 7.24. The van der Waals surface area contributed by atoms with E-state index in [1.165, 1.54) is 24.1 Å². The summed E-state index contributed by atoms with van der Waals surface area (Å²) in [5, 5.41) is 3.70. The highest BCUT2D eigenvalue weighted by Crippen LogP contribution is 2.21. The molecule has 0 aliphatic carbocycles. The molecule has 0 spiro atoms. The zero-order valence-electron chi connectivity index (χ0n) is 13.5. The van der Waals surface area contributed by atoms with Crippen LogP contribution in [-0.2, 0) is 13.0 Å². The maximum atomic E-state index is 3.70. The summed E-state index contributed by atoms with van der Waals surface area (Å²) < 4.78 is 0. The lowest BCUT2D eigenvalue weighted by Gasteiger charge is -2.42. The average molecular weight is 274 g/mol. The summed E-state index contributed by atoms with van der Waals surface area (Å²) in [5.41, 5.74) is 3.01. The average Bonchev–Trinajstić information content (AvgIpc) is 2.47. The van der Waals surface area contributed by atoms with Gasteiger partial charge in [-0.15, -0.1) is 0 Å². The quantitative estimate of drug-likeness (QED) is 0.884. The lowest BCUT2D eigenvalue weighted by Crippen LogP contribution is -2.57. The van der Waals surface area contributed by atoms with Gasteiger partial charge in [-0.3, -0.25) is 4.90 Å². The summed E-state index contributed by atoms with van der Waals surface area (Å²) in [6.45, 7) is 12.6. The van der Waals surface area contributed by atoms with Gasteiger partial charge in [0.2, 0.25) is 0 Å². The van der Waals surface area contributed by atoms with E-state index in [0.717, 1.165) is 19.5 Å². The van der Waals surface area contributed by atoms with Crippen LogP contribution in [0.5, 0.6) is 0 Å². The van der Waals surface area contributed by atoms with Crippen LogP contribution in [0.3, 0.4) is 0 Å². The largest absolute Gasteiger partial charge is 0.311 e. The molecule has 0 aromatic heterocycles. The Balaban J connectivity index is 2.14. The first-order valence-electron chi connectivity index (χ1n) is 8.19. The van der Waals surface area contributed by atoms with Crippen molar-refractivity contribution < 1.29 is 0 Å². The predicted octanol–water partition coefficient (Wildman–Crippen LogP) is 3.46. The molecule has 0 saturated carbocycles. The Morgan fingerprint density at radius 1 is 1.20 bits per heavy atom. The summed E-state index contributed by atoms with van der Waals surface area (Å²) in [4.78, 5) is 2.70. The predicted molar refractivity (Wildman–Crippen MR) is 86.9 cm³/mol. The number of aryl methyl sites for hydroxylation is 1. The van der Waals surface area contributed by atoms with Crippen molar-refractivity contribution in [2.75, 3.05) is 13.1 Å². The fraction of sp³-hybridized carbons (Fsp3) is 0.667. The molecule has 1 aromatic rings. The van der Waals surface area contributed by atoms with E-state index in [4.69, 9.17) is 0 Å². The summed E-state index contributed by atoms with van der Waals surface area (Å²) in [6.07, 6.45) is 2.35. The monoisotopic (exact) mass is 274 g/mol. The third-order valence-corrected chi connectivity index (χ3v) is 4.67. The van der Waals surface area contributed by atoms with Crippen LogP contribution in [0.2, 0.25) is 0 Å². The van der Waals surface area contributed by atoms with Crippen LogP contribution >= 0.6 is 0 Å². The number of piperazine rings is 1. The molecule has 1 heterocycles. The molecule has 0 bridgehead atoms. The van der Waals surface area contributed by atoms with E-state index in [0.29, 0.717) is 18.0 Å². The van der Waals surface area contributed by atoms with Gasteiger partial charge in [0, 0.05) is 31.7 Å². The van der Waals surface area contributed by atoms with Gasteiger partial charge in [-0.25, -0.2) is 0 Å². The normalized spacial score (nSPS) is 24.2. The molecule has 1 aliphatic heterocycles. The Morgan fingerprint density at radius 2 is 1.90 bits per heavy atom. The molecule has 112 valence electrons. The van der Waals surface area contributed by atoms with Crippen LogP contribution in [0.1, 0.15) is 45.2 Å². The lowest BCUT2D eigenvalue weighted by molar-refractivity contribution is 0.0898. The van der Waals surface area contributed by atoms with Gasteiger partial charge in [-0.05, 0) is 29.9 Å². The van der Waals surface area contributed by atoms with Gasteiger partial charge in [-0.2, -0.15) is 0 Å². The van der Waals surface area contributed by atoms with E-state index in [-0.39, 0.29) is 0 Å². The van der Waals surface area contributed by atoms with E-state index in [1.807, 2.05) is 0 Å². The van der Waals surface area contributed by atoms with Crippen LogP contribution < -0.4 is 5.32 Å². The molecule has 2 atom stereocenters. The number of nitrogens with one attached hydrogen (secondary N) is 1. The lowest BCUT2D eigenvalue weighted by atomic mass is 9.96. The van der Waals surface area contributed by atoms with E-state index in [1.54, 1.807) is 0 Å². The maximum absolute atomic E-state index is 3.70. The number of hydrogen-bond acceptors (Lipinski definition) is 2. The zero-order chi connectivity index (χ0) is 14.5. The van der Waals surface area contributed by atoms with Gasteiger partial charge in [-0.1, -0.05) is 52.0 Å². The number of hydrogen-bond donors (Lipinski definition) is 1. The van der Waals surface area contributed by atoms with Gasteiger partial charge in [0.25, 0.3) is 0 Å². The highest BCUT2D eigenvalue weighted by atomic mass is 15.2. The molecule has 0 amide bonds. The Kier molecular flexibility index (Phi) is 5.62. The number of benzene rings is 1. The molecule has 0 radical (unpaired) electrons. The SMILES string of the molecule is CCc1ccccc1CN1CC(CC)NCC1C(C)C. The van der Waals surface area contributed by atoms with E-state index < -0.39 is 0 Å². The molecule has 2 heteroatoms. The maximum Gasteiger partial charge on any atom is 0.0247 e. The zero-order valence-corrected chi connectivity index (χ0v) is 13.5. The molecule has 1 aliphatic rings. The van der Waals surface area contributed by atoms with Crippen LogP contribution in [0.25, 0.3) is 0 Å². The van der Waals surface area contributed by atoms with Crippen molar-refractivity contribution in [3.05, 3.63) is 35.4 Å². The van der Waals surface area contributed by atoms with E-state index >= 15 is 0 Å². The van der Waals surface area contributed by atoms with Crippen molar-refractivity contribution in [1.29, 1.82) is 0 Å². The minimum absolute atomic E-state index is 0.652. The van der Waals surface area contributed by atoms with Gasteiger partial charge in [0.15, 0.2) is 0 Å². The third kappa shape index (κ3) is 3.62. The summed E-state index contributed by atoms with van der Waals surface area (Å²) >= 11 is 0. The standard InChI is InChI=1S/C18H30N2/c1-5-15-9-7-8-10-16(15)12-20-13-17(6-2)19-11-18(20)14(3)4/h7-10,14,17-19H,5-6,11-13H2,1-4H3. The molecule has 1 aromatic carbocycles. The van der Waals surface area contributed by atoms with Gasteiger partial charge in [0.05, 0.1) is 0 Å². The minimum Gasteiger partial charge on any atom is -0.311 e. The minimum atomic E-state index is 0.652. The first-order valence-corrected chi connectivity index (χ1v) is 8.19. The molecular weight excluding hydrogens is 244 g/mol. The smallest absolute Gasteiger partial charge is 0.0247 e. The van der Waals surface area contributed by atoms with Crippen molar-refractivity contribution in [2.45, 2.75) is 59.2 Å². The summed E-state index contributed by atoms with van der Waals surface area (Å²) in [5.74, 6) is 0.703. The van der Waals surface area contributed by atoms with Crippen molar-refractivity contribution in [3.63, 3.8) is 0 Å². The van der Waals surface area contributed by atoms with Crippen LogP contribution in [-0.4, -0.2) is 30.1 Å². The van der Waals surface area contributed by atoms with Crippen LogP contribution in [0, 0.1) is 5.92 Å². The van der Waals surface area contributed by atoms with Crippen molar-refractivity contribution in [1.82, 2.24) is 10.2 Å². The first kappa shape index (κ1) is 15.5. The molecule has 1 saturated heterocycles. The van der Waals surface area contributed by atoms with Gasteiger partial charge >= 0.3 is 0 Å². The van der Waals surface area contributed by atoms with Crippen LogP contribution in [0.4, 0.5) is 0 Å². The van der Waals surface area contributed by atoms with Gasteiger partial charge < -0.3 is 5.32 Å². The number of nitrogens with zero attached hydrogens (tertiary/aromatic N) is 1. The number of rotatable bonds is 5.